The lowest BCUT2D eigenvalue weighted by Gasteiger charge is -2.12. The van der Waals surface area contributed by atoms with Crippen LogP contribution in [0.2, 0.25) is 5.02 Å². The number of rotatable bonds is 5. The molecular formula is C17H16ClF3N2O. The Balaban J connectivity index is 1.92. The van der Waals surface area contributed by atoms with E-state index >= 15 is 0 Å². The standard InChI is InChI=1S/C17H16ClF3N2O/c1-11-3-2-4-12(7-11)9-22-10-16(24)23-15-8-13(17(19,20)21)5-6-14(15)18/h2-8,22H,9-10H2,1H3,(H,23,24). The van der Waals surface area contributed by atoms with Gasteiger partial charge in [0.2, 0.25) is 5.91 Å². The highest BCUT2D eigenvalue weighted by Crippen LogP contribution is 2.33. The zero-order valence-electron chi connectivity index (χ0n) is 12.9. The SMILES string of the molecule is Cc1cccc(CNCC(=O)Nc2cc(C(F)(F)F)ccc2Cl)c1. The van der Waals surface area contributed by atoms with Gasteiger partial charge in [-0.15, -0.1) is 0 Å². The second kappa shape index (κ2) is 7.68. The molecule has 0 aliphatic carbocycles. The van der Waals surface area contributed by atoms with Crippen LogP contribution in [-0.2, 0) is 17.5 Å². The van der Waals surface area contributed by atoms with Gasteiger partial charge in [-0.1, -0.05) is 41.4 Å². The van der Waals surface area contributed by atoms with Crippen LogP contribution in [0.4, 0.5) is 18.9 Å². The smallest absolute Gasteiger partial charge is 0.324 e. The molecule has 0 fully saturated rings. The van der Waals surface area contributed by atoms with Gasteiger partial charge in [0, 0.05) is 6.54 Å². The highest BCUT2D eigenvalue weighted by atomic mass is 35.5. The van der Waals surface area contributed by atoms with Crippen molar-refractivity contribution in [3.8, 4) is 0 Å². The highest BCUT2D eigenvalue weighted by molar-refractivity contribution is 6.33. The van der Waals surface area contributed by atoms with E-state index in [1.165, 1.54) is 0 Å². The maximum atomic E-state index is 12.7. The summed E-state index contributed by atoms with van der Waals surface area (Å²) in [7, 11) is 0. The third-order valence-electron chi connectivity index (χ3n) is 3.26. The summed E-state index contributed by atoms with van der Waals surface area (Å²) >= 11 is 5.84. The molecule has 0 bridgehead atoms. The third kappa shape index (κ3) is 5.25. The number of hydrogen-bond donors (Lipinski definition) is 2. The quantitative estimate of drug-likeness (QED) is 0.834. The van der Waals surface area contributed by atoms with Crippen molar-refractivity contribution in [2.45, 2.75) is 19.6 Å². The van der Waals surface area contributed by atoms with Crippen LogP contribution in [0.5, 0.6) is 0 Å². The first-order valence-corrected chi connectivity index (χ1v) is 7.56. The van der Waals surface area contributed by atoms with Crippen LogP contribution in [-0.4, -0.2) is 12.5 Å². The molecule has 1 amide bonds. The van der Waals surface area contributed by atoms with Crippen LogP contribution in [0.15, 0.2) is 42.5 Å². The summed E-state index contributed by atoms with van der Waals surface area (Å²) < 4.78 is 38.1. The van der Waals surface area contributed by atoms with E-state index in [1.807, 2.05) is 31.2 Å². The number of nitrogens with one attached hydrogen (secondary N) is 2. The van der Waals surface area contributed by atoms with Crippen molar-refractivity contribution in [1.82, 2.24) is 5.32 Å². The van der Waals surface area contributed by atoms with Gasteiger partial charge in [0.1, 0.15) is 0 Å². The molecule has 7 heteroatoms. The summed E-state index contributed by atoms with van der Waals surface area (Å²) in [5.74, 6) is -0.469. The highest BCUT2D eigenvalue weighted by Gasteiger charge is 2.31. The molecule has 0 atom stereocenters. The van der Waals surface area contributed by atoms with Crippen LogP contribution in [0.1, 0.15) is 16.7 Å². The summed E-state index contributed by atoms with van der Waals surface area (Å²) in [5.41, 5.74) is 1.19. The van der Waals surface area contributed by atoms with Crippen LogP contribution in [0.3, 0.4) is 0 Å². The predicted molar refractivity (Wildman–Crippen MR) is 88.0 cm³/mol. The van der Waals surface area contributed by atoms with Gasteiger partial charge < -0.3 is 10.6 Å². The van der Waals surface area contributed by atoms with Crippen molar-refractivity contribution < 1.29 is 18.0 Å². The maximum absolute atomic E-state index is 12.7. The average molecular weight is 357 g/mol. The average Bonchev–Trinajstić information content (AvgIpc) is 2.48. The fourth-order valence-electron chi connectivity index (χ4n) is 2.13. The Morgan fingerprint density at radius 1 is 1.17 bits per heavy atom. The van der Waals surface area contributed by atoms with Crippen molar-refractivity contribution in [2.24, 2.45) is 0 Å². The molecule has 0 heterocycles. The van der Waals surface area contributed by atoms with Crippen molar-refractivity contribution in [3.63, 3.8) is 0 Å². The van der Waals surface area contributed by atoms with Gasteiger partial charge in [-0.25, -0.2) is 0 Å². The number of alkyl halides is 3. The minimum atomic E-state index is -4.49. The molecule has 0 aromatic heterocycles. The molecule has 24 heavy (non-hydrogen) atoms. The lowest BCUT2D eigenvalue weighted by atomic mass is 10.1. The summed E-state index contributed by atoms with van der Waals surface area (Å²) in [6.07, 6.45) is -4.49. The lowest BCUT2D eigenvalue weighted by Crippen LogP contribution is -2.28. The molecule has 2 N–H and O–H groups in total. The van der Waals surface area contributed by atoms with Crippen LogP contribution in [0.25, 0.3) is 0 Å². The first-order valence-electron chi connectivity index (χ1n) is 7.18. The number of amides is 1. The number of aryl methyl sites for hydroxylation is 1. The molecule has 0 radical (unpaired) electrons. The summed E-state index contributed by atoms with van der Waals surface area (Å²) in [6, 6.07) is 10.6. The van der Waals surface area contributed by atoms with Gasteiger partial charge in [-0.05, 0) is 30.7 Å². The van der Waals surface area contributed by atoms with E-state index in [-0.39, 0.29) is 17.3 Å². The second-order valence-corrected chi connectivity index (χ2v) is 5.74. The van der Waals surface area contributed by atoms with Crippen molar-refractivity contribution in [3.05, 3.63) is 64.2 Å². The van der Waals surface area contributed by atoms with Crippen molar-refractivity contribution >= 4 is 23.2 Å². The second-order valence-electron chi connectivity index (χ2n) is 5.33. The molecule has 0 aliphatic rings. The van der Waals surface area contributed by atoms with Gasteiger partial charge in [-0.3, -0.25) is 4.79 Å². The molecule has 0 saturated heterocycles. The number of halogens is 4. The van der Waals surface area contributed by atoms with Crippen LogP contribution in [0, 0.1) is 6.92 Å². The molecule has 0 spiro atoms. The molecule has 2 aromatic rings. The zero-order chi connectivity index (χ0) is 17.7. The van der Waals surface area contributed by atoms with E-state index in [2.05, 4.69) is 10.6 Å². The molecule has 2 aromatic carbocycles. The fraction of sp³-hybridized carbons (Fsp3) is 0.235. The Hall–Kier alpha value is -2.05. The first-order chi connectivity index (χ1) is 11.3. The first kappa shape index (κ1) is 18.3. The minimum absolute atomic E-state index is 0.0412. The summed E-state index contributed by atoms with van der Waals surface area (Å²) in [4.78, 5) is 11.9. The normalized spacial score (nSPS) is 11.4. The van der Waals surface area contributed by atoms with E-state index in [0.717, 1.165) is 29.3 Å². The molecule has 2 rings (SSSR count). The minimum Gasteiger partial charge on any atom is -0.324 e. The fourth-order valence-corrected chi connectivity index (χ4v) is 2.30. The molecule has 0 saturated carbocycles. The lowest BCUT2D eigenvalue weighted by molar-refractivity contribution is -0.137. The Morgan fingerprint density at radius 3 is 2.58 bits per heavy atom. The molecule has 0 aliphatic heterocycles. The monoisotopic (exact) mass is 356 g/mol. The van der Waals surface area contributed by atoms with Gasteiger partial charge >= 0.3 is 6.18 Å². The van der Waals surface area contributed by atoms with Gasteiger partial charge in [-0.2, -0.15) is 13.2 Å². The number of carbonyl (C=O) groups is 1. The predicted octanol–water partition coefficient (Wildman–Crippen LogP) is 4.40. The Labute approximate surface area is 142 Å². The Bertz CT molecular complexity index is 732. The maximum Gasteiger partial charge on any atom is 0.416 e. The summed E-state index contributed by atoms with van der Waals surface area (Å²) in [6.45, 7) is 2.40. The molecule has 128 valence electrons. The Morgan fingerprint density at radius 2 is 1.92 bits per heavy atom. The molecular weight excluding hydrogens is 341 g/mol. The van der Waals surface area contributed by atoms with Crippen LogP contribution < -0.4 is 10.6 Å². The van der Waals surface area contributed by atoms with E-state index in [4.69, 9.17) is 11.6 Å². The topological polar surface area (TPSA) is 41.1 Å². The Kier molecular flexibility index (Phi) is 5.85. The van der Waals surface area contributed by atoms with Gasteiger partial charge in [0.05, 0.1) is 22.8 Å². The number of benzene rings is 2. The van der Waals surface area contributed by atoms with E-state index < -0.39 is 17.6 Å². The number of anilines is 1. The largest absolute Gasteiger partial charge is 0.416 e. The summed E-state index contributed by atoms with van der Waals surface area (Å²) in [5, 5.41) is 5.37. The molecule has 0 unspecified atom stereocenters. The van der Waals surface area contributed by atoms with Crippen molar-refractivity contribution in [2.75, 3.05) is 11.9 Å². The van der Waals surface area contributed by atoms with Gasteiger partial charge in [0.15, 0.2) is 0 Å². The van der Waals surface area contributed by atoms with E-state index in [0.29, 0.717) is 6.54 Å². The number of carbonyl (C=O) groups excluding carboxylic acids is 1. The number of hydrogen-bond acceptors (Lipinski definition) is 2. The third-order valence-corrected chi connectivity index (χ3v) is 3.59. The van der Waals surface area contributed by atoms with Crippen LogP contribution >= 0.6 is 11.6 Å². The van der Waals surface area contributed by atoms with E-state index in [9.17, 15) is 18.0 Å². The van der Waals surface area contributed by atoms with Gasteiger partial charge in [0.25, 0.3) is 0 Å². The molecule has 3 nitrogen and oxygen atoms in total. The zero-order valence-corrected chi connectivity index (χ0v) is 13.6. The van der Waals surface area contributed by atoms with E-state index in [1.54, 1.807) is 0 Å². The van der Waals surface area contributed by atoms with Crippen molar-refractivity contribution in [1.29, 1.82) is 0 Å².